The van der Waals surface area contributed by atoms with Gasteiger partial charge in [-0.2, -0.15) is 0 Å². The van der Waals surface area contributed by atoms with Gasteiger partial charge in [-0.1, -0.05) is 6.92 Å². The lowest BCUT2D eigenvalue weighted by molar-refractivity contribution is -0.115. The molecule has 0 atom stereocenters. The molecule has 0 fully saturated rings. The van der Waals surface area contributed by atoms with E-state index in [0.29, 0.717) is 12.0 Å². The third kappa shape index (κ3) is 2.78. The normalized spacial score (nSPS) is 14.2. The van der Waals surface area contributed by atoms with Crippen LogP contribution in [0.15, 0.2) is 23.1 Å². The first kappa shape index (κ1) is 12.4. The van der Waals surface area contributed by atoms with Gasteiger partial charge in [0.15, 0.2) is 0 Å². The van der Waals surface area contributed by atoms with Crippen molar-refractivity contribution in [1.29, 1.82) is 0 Å². The number of hydrogen-bond acceptors (Lipinski definition) is 3. The SMILES string of the molecule is CCCC(=O)C(=O)c1ccc2c(c1)CCCS2. The van der Waals surface area contributed by atoms with E-state index in [0.717, 1.165) is 25.0 Å². The molecule has 0 aliphatic carbocycles. The summed E-state index contributed by atoms with van der Waals surface area (Å²) in [6, 6.07) is 5.66. The second-order valence-electron chi connectivity index (χ2n) is 4.28. The maximum absolute atomic E-state index is 11.9. The number of carbonyl (C=O) groups is 2. The minimum Gasteiger partial charge on any atom is -0.290 e. The van der Waals surface area contributed by atoms with Crippen LogP contribution in [0, 0.1) is 0 Å². The smallest absolute Gasteiger partial charge is 0.228 e. The molecular weight excluding hydrogens is 232 g/mol. The lowest BCUT2D eigenvalue weighted by Crippen LogP contribution is -2.14. The second-order valence-corrected chi connectivity index (χ2v) is 5.41. The van der Waals surface area contributed by atoms with Gasteiger partial charge in [-0.05, 0) is 48.8 Å². The first-order chi connectivity index (χ1) is 8.22. The summed E-state index contributed by atoms with van der Waals surface area (Å²) in [5.74, 6) is 0.552. The average Bonchev–Trinajstić information content (AvgIpc) is 2.37. The standard InChI is InChI=1S/C14H16O2S/c1-2-4-12(15)14(16)11-6-7-13-10(9-11)5-3-8-17-13/h6-7,9H,2-5,8H2,1H3. The monoisotopic (exact) mass is 248 g/mol. The quantitative estimate of drug-likeness (QED) is 0.605. The summed E-state index contributed by atoms with van der Waals surface area (Å²) in [5, 5.41) is 0. The highest BCUT2D eigenvalue weighted by molar-refractivity contribution is 7.99. The number of carbonyl (C=O) groups excluding carboxylic acids is 2. The molecule has 0 bridgehead atoms. The molecule has 0 N–H and O–H groups in total. The lowest BCUT2D eigenvalue weighted by Gasteiger charge is -2.15. The Hall–Kier alpha value is -1.09. The van der Waals surface area contributed by atoms with E-state index in [4.69, 9.17) is 0 Å². The van der Waals surface area contributed by atoms with Crippen molar-refractivity contribution in [2.45, 2.75) is 37.5 Å². The zero-order valence-electron chi connectivity index (χ0n) is 9.99. The molecule has 2 rings (SSSR count). The zero-order valence-corrected chi connectivity index (χ0v) is 10.8. The van der Waals surface area contributed by atoms with Gasteiger partial charge >= 0.3 is 0 Å². The maximum Gasteiger partial charge on any atom is 0.228 e. The van der Waals surface area contributed by atoms with E-state index < -0.39 is 0 Å². The fraction of sp³-hybridized carbons (Fsp3) is 0.429. The molecule has 1 aromatic rings. The molecule has 0 unspecified atom stereocenters. The van der Waals surface area contributed by atoms with Crippen LogP contribution in [-0.4, -0.2) is 17.3 Å². The summed E-state index contributed by atoms with van der Waals surface area (Å²) in [6.45, 7) is 1.91. The van der Waals surface area contributed by atoms with E-state index in [9.17, 15) is 9.59 Å². The molecule has 2 nitrogen and oxygen atoms in total. The third-order valence-corrected chi connectivity index (χ3v) is 4.10. The molecule has 90 valence electrons. The summed E-state index contributed by atoms with van der Waals surface area (Å²) in [7, 11) is 0. The van der Waals surface area contributed by atoms with Crippen molar-refractivity contribution in [1.82, 2.24) is 0 Å². The van der Waals surface area contributed by atoms with Crippen LogP contribution in [0.2, 0.25) is 0 Å². The highest BCUT2D eigenvalue weighted by Gasteiger charge is 2.17. The van der Waals surface area contributed by atoms with Crippen molar-refractivity contribution in [3.8, 4) is 0 Å². The Labute approximate surface area is 106 Å². The number of thioether (sulfide) groups is 1. The van der Waals surface area contributed by atoms with Gasteiger partial charge < -0.3 is 0 Å². The van der Waals surface area contributed by atoms with E-state index in [1.165, 1.54) is 10.5 Å². The lowest BCUT2D eigenvalue weighted by atomic mass is 10.0. The fourth-order valence-electron chi connectivity index (χ4n) is 2.00. The van der Waals surface area contributed by atoms with Crippen LogP contribution in [-0.2, 0) is 11.2 Å². The van der Waals surface area contributed by atoms with Crippen molar-refractivity contribution < 1.29 is 9.59 Å². The molecule has 1 aliphatic heterocycles. The highest BCUT2D eigenvalue weighted by atomic mass is 32.2. The number of ketones is 2. The number of fused-ring (bicyclic) bond motifs is 1. The topological polar surface area (TPSA) is 34.1 Å². The van der Waals surface area contributed by atoms with Crippen molar-refractivity contribution in [3.05, 3.63) is 29.3 Å². The Morgan fingerprint density at radius 3 is 2.94 bits per heavy atom. The van der Waals surface area contributed by atoms with Gasteiger partial charge in [0.2, 0.25) is 11.6 Å². The summed E-state index contributed by atoms with van der Waals surface area (Å²) < 4.78 is 0. The third-order valence-electron chi connectivity index (χ3n) is 2.90. The molecule has 0 radical (unpaired) electrons. The van der Waals surface area contributed by atoms with Gasteiger partial charge in [-0.3, -0.25) is 9.59 Å². The summed E-state index contributed by atoms with van der Waals surface area (Å²) in [6.07, 6.45) is 3.25. The van der Waals surface area contributed by atoms with Crippen LogP contribution in [0.25, 0.3) is 0 Å². The van der Waals surface area contributed by atoms with Gasteiger partial charge in [-0.15, -0.1) is 11.8 Å². The van der Waals surface area contributed by atoms with E-state index in [-0.39, 0.29) is 11.6 Å². The zero-order chi connectivity index (χ0) is 12.3. The first-order valence-corrected chi connectivity index (χ1v) is 7.04. The van der Waals surface area contributed by atoms with E-state index in [1.807, 2.05) is 30.8 Å². The molecular formula is C14H16O2S. The summed E-state index contributed by atoms with van der Waals surface area (Å²) in [4.78, 5) is 24.7. The largest absolute Gasteiger partial charge is 0.290 e. The van der Waals surface area contributed by atoms with Crippen LogP contribution in [0.1, 0.15) is 42.1 Å². The van der Waals surface area contributed by atoms with Crippen molar-refractivity contribution >= 4 is 23.3 Å². The predicted molar refractivity (Wildman–Crippen MR) is 69.7 cm³/mol. The maximum atomic E-state index is 11.9. The van der Waals surface area contributed by atoms with Crippen molar-refractivity contribution in [2.75, 3.05) is 5.75 Å². The number of benzene rings is 1. The predicted octanol–water partition coefficient (Wildman–Crippen LogP) is 3.28. The summed E-state index contributed by atoms with van der Waals surface area (Å²) >= 11 is 1.83. The molecule has 17 heavy (non-hydrogen) atoms. The van der Waals surface area contributed by atoms with Gasteiger partial charge in [-0.25, -0.2) is 0 Å². The molecule has 1 aromatic carbocycles. The molecule has 0 saturated carbocycles. The Morgan fingerprint density at radius 2 is 2.18 bits per heavy atom. The molecule has 1 heterocycles. The summed E-state index contributed by atoms with van der Waals surface area (Å²) in [5.41, 5.74) is 1.78. The number of hydrogen-bond donors (Lipinski definition) is 0. The Bertz CT molecular complexity index is 452. The van der Waals surface area contributed by atoms with Crippen LogP contribution < -0.4 is 0 Å². The van der Waals surface area contributed by atoms with E-state index in [2.05, 4.69) is 0 Å². The van der Waals surface area contributed by atoms with E-state index >= 15 is 0 Å². The number of aryl methyl sites for hydroxylation is 1. The molecule has 0 amide bonds. The minimum atomic E-state index is -0.328. The van der Waals surface area contributed by atoms with Crippen LogP contribution in [0.3, 0.4) is 0 Å². The molecule has 0 aromatic heterocycles. The first-order valence-electron chi connectivity index (χ1n) is 6.05. The highest BCUT2D eigenvalue weighted by Crippen LogP contribution is 2.30. The Morgan fingerprint density at radius 1 is 1.35 bits per heavy atom. The fourth-order valence-corrected chi connectivity index (χ4v) is 3.02. The Balaban J connectivity index is 2.22. The molecule has 0 saturated heterocycles. The van der Waals surface area contributed by atoms with Crippen LogP contribution in [0.4, 0.5) is 0 Å². The van der Waals surface area contributed by atoms with E-state index in [1.54, 1.807) is 6.07 Å². The Kier molecular flexibility index (Phi) is 4.00. The van der Waals surface area contributed by atoms with Gasteiger partial charge in [0, 0.05) is 16.9 Å². The number of Topliss-reactive ketones (excluding diaryl/α,β-unsaturated/α-hetero) is 2. The molecule has 3 heteroatoms. The van der Waals surface area contributed by atoms with Crippen LogP contribution >= 0.6 is 11.8 Å². The minimum absolute atomic E-state index is 0.268. The number of rotatable bonds is 4. The molecule has 1 aliphatic rings. The van der Waals surface area contributed by atoms with Gasteiger partial charge in [0.25, 0.3) is 0 Å². The molecule has 0 spiro atoms. The average molecular weight is 248 g/mol. The van der Waals surface area contributed by atoms with Crippen molar-refractivity contribution in [2.24, 2.45) is 0 Å². The van der Waals surface area contributed by atoms with Crippen molar-refractivity contribution in [3.63, 3.8) is 0 Å². The van der Waals surface area contributed by atoms with Gasteiger partial charge in [0.05, 0.1) is 0 Å². The van der Waals surface area contributed by atoms with Gasteiger partial charge in [0.1, 0.15) is 0 Å². The van der Waals surface area contributed by atoms with Crippen LogP contribution in [0.5, 0.6) is 0 Å². The second kappa shape index (κ2) is 5.50.